The average molecular weight is 383 g/mol. The van der Waals surface area contributed by atoms with Crippen LogP contribution in [-0.4, -0.2) is 26.5 Å². The lowest BCUT2D eigenvalue weighted by molar-refractivity contribution is 0.0493. The quantitative estimate of drug-likeness (QED) is 0.486. The highest BCUT2D eigenvalue weighted by Crippen LogP contribution is 2.35. The normalized spacial score (nSPS) is 13.6. The molecule has 1 N–H and O–H groups in total. The van der Waals surface area contributed by atoms with E-state index in [1.54, 1.807) is 24.5 Å². The van der Waals surface area contributed by atoms with Crippen LogP contribution in [0, 0.1) is 0 Å². The van der Waals surface area contributed by atoms with Crippen LogP contribution in [0.3, 0.4) is 0 Å². The van der Waals surface area contributed by atoms with Gasteiger partial charge in [-0.2, -0.15) is 5.10 Å². The van der Waals surface area contributed by atoms with E-state index in [4.69, 9.17) is 0 Å². The summed E-state index contributed by atoms with van der Waals surface area (Å²) in [5.41, 5.74) is 0.736. The second kappa shape index (κ2) is 6.79. The van der Waals surface area contributed by atoms with Gasteiger partial charge in [-0.3, -0.25) is 4.98 Å². The lowest BCUT2D eigenvalue weighted by atomic mass is 9.88. The number of aromatic nitrogens is 3. The monoisotopic (exact) mass is 383 g/mol. The minimum absolute atomic E-state index is 0.313. The first-order valence-corrected chi connectivity index (χ1v) is 9.37. The second-order valence-electron chi connectivity index (χ2n) is 7.04. The van der Waals surface area contributed by atoms with Crippen molar-refractivity contribution in [2.45, 2.75) is 5.60 Å². The van der Waals surface area contributed by atoms with E-state index in [9.17, 15) is 9.50 Å². The Hall–Kier alpha value is -3.57. The molecule has 0 aliphatic rings. The lowest BCUT2D eigenvalue weighted by Crippen LogP contribution is -2.31. The molecule has 5 heteroatoms. The lowest BCUT2D eigenvalue weighted by Gasteiger charge is -2.26. The van der Waals surface area contributed by atoms with Crippen molar-refractivity contribution in [3.8, 4) is 5.69 Å². The highest BCUT2D eigenvalue weighted by molar-refractivity contribution is 5.86. The molecule has 0 radical (unpaired) electrons. The molecule has 0 fully saturated rings. The van der Waals surface area contributed by atoms with Gasteiger partial charge in [0.25, 0.3) is 0 Å². The van der Waals surface area contributed by atoms with Crippen LogP contribution in [0.5, 0.6) is 0 Å². The largest absolute Gasteiger partial charge is 0.376 e. The molecule has 0 aliphatic heterocycles. The topological polar surface area (TPSA) is 50.9 Å². The van der Waals surface area contributed by atoms with Crippen molar-refractivity contribution >= 4 is 21.7 Å². The molecular formula is C24H18FN3O. The molecular weight excluding hydrogens is 365 g/mol. The molecule has 3 aromatic carbocycles. The van der Waals surface area contributed by atoms with Crippen molar-refractivity contribution in [1.29, 1.82) is 0 Å². The van der Waals surface area contributed by atoms with Crippen LogP contribution in [0.15, 0.2) is 91.3 Å². The summed E-state index contributed by atoms with van der Waals surface area (Å²) in [6, 6.07) is 24.6. The third-order valence-electron chi connectivity index (χ3n) is 5.31. The maximum absolute atomic E-state index is 14.3. The highest BCUT2D eigenvalue weighted by Gasteiger charge is 2.35. The molecule has 0 amide bonds. The molecule has 5 rings (SSSR count). The fraction of sp³-hybridized carbons (Fsp3) is 0.0833. The summed E-state index contributed by atoms with van der Waals surface area (Å²) in [6.07, 6.45) is 3.32. The zero-order chi connectivity index (χ0) is 19.8. The van der Waals surface area contributed by atoms with Crippen LogP contribution in [0.2, 0.25) is 0 Å². The van der Waals surface area contributed by atoms with E-state index in [0.29, 0.717) is 11.3 Å². The molecule has 0 bridgehead atoms. The first-order chi connectivity index (χ1) is 14.2. The SMILES string of the molecule is OC(CF)(c1ccc2c(cnn2-c2ccccc2)c1)c1nccc2ccccc12. The van der Waals surface area contributed by atoms with Crippen LogP contribution in [-0.2, 0) is 5.60 Å². The first kappa shape index (κ1) is 17.5. The van der Waals surface area contributed by atoms with Gasteiger partial charge in [-0.1, -0.05) is 48.5 Å². The van der Waals surface area contributed by atoms with Gasteiger partial charge in [0.05, 0.1) is 23.1 Å². The number of rotatable bonds is 4. The van der Waals surface area contributed by atoms with Gasteiger partial charge in [-0.25, -0.2) is 9.07 Å². The van der Waals surface area contributed by atoms with Gasteiger partial charge >= 0.3 is 0 Å². The average Bonchev–Trinajstić information content (AvgIpc) is 3.22. The van der Waals surface area contributed by atoms with Gasteiger partial charge in [-0.15, -0.1) is 0 Å². The third kappa shape index (κ3) is 2.79. The van der Waals surface area contributed by atoms with Crippen molar-refractivity contribution in [1.82, 2.24) is 14.8 Å². The van der Waals surface area contributed by atoms with Gasteiger partial charge in [-0.05, 0) is 41.3 Å². The van der Waals surface area contributed by atoms with Gasteiger partial charge in [0.2, 0.25) is 0 Å². The Morgan fingerprint density at radius 2 is 1.69 bits per heavy atom. The number of pyridine rings is 1. The van der Waals surface area contributed by atoms with E-state index in [1.165, 1.54) is 0 Å². The maximum Gasteiger partial charge on any atom is 0.160 e. The zero-order valence-electron chi connectivity index (χ0n) is 15.5. The minimum atomic E-state index is -1.84. The summed E-state index contributed by atoms with van der Waals surface area (Å²) in [4.78, 5) is 4.35. The van der Waals surface area contributed by atoms with Gasteiger partial charge in [0.15, 0.2) is 5.60 Å². The summed E-state index contributed by atoms with van der Waals surface area (Å²) in [5, 5.41) is 18.3. The van der Waals surface area contributed by atoms with Gasteiger partial charge in [0.1, 0.15) is 6.67 Å². The van der Waals surface area contributed by atoms with E-state index in [1.807, 2.05) is 71.4 Å². The number of halogens is 1. The molecule has 4 nitrogen and oxygen atoms in total. The first-order valence-electron chi connectivity index (χ1n) is 9.37. The van der Waals surface area contributed by atoms with Gasteiger partial charge < -0.3 is 5.11 Å². The summed E-state index contributed by atoms with van der Waals surface area (Å²) in [7, 11) is 0. The smallest absolute Gasteiger partial charge is 0.160 e. The molecule has 0 aliphatic carbocycles. The molecule has 0 saturated heterocycles. The van der Waals surface area contributed by atoms with Gasteiger partial charge in [0, 0.05) is 17.0 Å². The van der Waals surface area contributed by atoms with Crippen LogP contribution in [0.25, 0.3) is 27.4 Å². The summed E-state index contributed by atoms with van der Waals surface area (Å²) in [5.74, 6) is 0. The van der Waals surface area contributed by atoms with Crippen molar-refractivity contribution in [3.63, 3.8) is 0 Å². The van der Waals surface area contributed by atoms with Crippen LogP contribution < -0.4 is 0 Å². The maximum atomic E-state index is 14.3. The number of hydrogen-bond acceptors (Lipinski definition) is 3. The number of fused-ring (bicyclic) bond motifs is 2. The van der Waals surface area contributed by atoms with Crippen molar-refractivity contribution in [2.75, 3.05) is 6.67 Å². The number of aliphatic hydroxyl groups is 1. The molecule has 142 valence electrons. The Morgan fingerprint density at radius 1 is 0.897 bits per heavy atom. The predicted molar refractivity (Wildman–Crippen MR) is 112 cm³/mol. The number of hydrogen-bond donors (Lipinski definition) is 1. The summed E-state index contributed by atoms with van der Waals surface area (Å²) < 4.78 is 16.1. The van der Waals surface area contributed by atoms with Crippen LogP contribution in [0.4, 0.5) is 4.39 Å². The van der Waals surface area contributed by atoms with E-state index in [0.717, 1.165) is 27.4 Å². The molecule has 0 saturated carbocycles. The Labute approximate surface area is 166 Å². The predicted octanol–water partition coefficient (Wildman–Crippen LogP) is 4.78. The minimum Gasteiger partial charge on any atom is -0.376 e. The van der Waals surface area contributed by atoms with Crippen molar-refractivity contribution in [3.05, 3.63) is 103 Å². The van der Waals surface area contributed by atoms with Crippen molar-refractivity contribution in [2.24, 2.45) is 0 Å². The zero-order valence-corrected chi connectivity index (χ0v) is 15.5. The number of alkyl halides is 1. The van der Waals surface area contributed by atoms with E-state index >= 15 is 0 Å². The molecule has 5 aromatic rings. The Bertz CT molecular complexity index is 1310. The number of benzene rings is 3. The van der Waals surface area contributed by atoms with Crippen molar-refractivity contribution < 1.29 is 9.50 Å². The molecule has 0 spiro atoms. The summed E-state index contributed by atoms with van der Waals surface area (Å²) >= 11 is 0. The van der Waals surface area contributed by atoms with E-state index < -0.39 is 12.3 Å². The molecule has 1 unspecified atom stereocenters. The number of nitrogens with zero attached hydrogens (tertiary/aromatic N) is 3. The fourth-order valence-corrected chi connectivity index (χ4v) is 3.79. The molecule has 2 aromatic heterocycles. The van der Waals surface area contributed by atoms with E-state index in [2.05, 4.69) is 10.1 Å². The Balaban J connectivity index is 1.67. The highest BCUT2D eigenvalue weighted by atomic mass is 19.1. The van der Waals surface area contributed by atoms with E-state index in [-0.39, 0.29) is 0 Å². The summed E-state index contributed by atoms with van der Waals surface area (Å²) in [6.45, 7) is -0.980. The van der Waals surface area contributed by atoms with Crippen LogP contribution in [0.1, 0.15) is 11.3 Å². The number of para-hydroxylation sites is 1. The Kier molecular flexibility index (Phi) is 4.11. The van der Waals surface area contributed by atoms with Crippen LogP contribution >= 0.6 is 0 Å². The molecule has 29 heavy (non-hydrogen) atoms. The third-order valence-corrected chi connectivity index (χ3v) is 5.31. The second-order valence-corrected chi connectivity index (χ2v) is 7.04. The standard InChI is InChI=1S/C24H18FN3O/c25-16-24(29,23-21-9-5-4-6-17(21)12-13-26-23)19-10-11-22-18(14-19)15-27-28(22)20-7-2-1-3-8-20/h1-15,29H,16H2. The fourth-order valence-electron chi connectivity index (χ4n) is 3.79. The Morgan fingerprint density at radius 3 is 2.52 bits per heavy atom. The molecule has 1 atom stereocenters. The molecule has 2 heterocycles.